The largest absolute Gasteiger partial charge is 0.435 e. The molecular formula is C14H8F3N3S2. The fourth-order valence-corrected chi connectivity index (χ4v) is 3.35. The molecule has 0 bridgehead atoms. The van der Waals surface area contributed by atoms with Crippen molar-refractivity contribution in [1.82, 2.24) is 15.2 Å². The maximum Gasteiger partial charge on any atom is 0.435 e. The summed E-state index contributed by atoms with van der Waals surface area (Å²) in [4.78, 5) is 4.44. The van der Waals surface area contributed by atoms with Crippen LogP contribution in [0.2, 0.25) is 0 Å². The lowest BCUT2D eigenvalue weighted by molar-refractivity contribution is -0.141. The van der Waals surface area contributed by atoms with E-state index in [2.05, 4.69) is 15.2 Å². The second-order valence-corrected chi connectivity index (χ2v) is 6.35. The number of halogens is 3. The van der Waals surface area contributed by atoms with Crippen molar-refractivity contribution in [2.24, 2.45) is 0 Å². The second-order valence-electron chi connectivity index (χ2n) is 4.22. The third-order valence-electron chi connectivity index (χ3n) is 2.68. The van der Waals surface area contributed by atoms with Gasteiger partial charge in [-0.15, -0.1) is 21.5 Å². The number of hydrogen-bond acceptors (Lipinski definition) is 5. The Morgan fingerprint density at radius 3 is 2.36 bits per heavy atom. The number of alkyl halides is 3. The molecule has 0 amide bonds. The third-order valence-corrected chi connectivity index (χ3v) is 4.54. The molecule has 22 heavy (non-hydrogen) atoms. The van der Waals surface area contributed by atoms with Crippen LogP contribution in [-0.4, -0.2) is 15.2 Å². The SMILES string of the molecule is FC(F)(F)c1ccc(Sc2nc(-c3ccccc3)cs2)nn1. The molecule has 3 aromatic rings. The number of aromatic nitrogens is 3. The molecule has 2 aromatic heterocycles. The molecule has 0 aliphatic rings. The van der Waals surface area contributed by atoms with Crippen LogP contribution in [0.25, 0.3) is 11.3 Å². The van der Waals surface area contributed by atoms with Crippen LogP contribution in [0.5, 0.6) is 0 Å². The Balaban J connectivity index is 1.76. The van der Waals surface area contributed by atoms with Crippen molar-refractivity contribution in [1.29, 1.82) is 0 Å². The molecule has 0 saturated carbocycles. The lowest BCUT2D eigenvalue weighted by Gasteiger charge is -2.04. The smallest absolute Gasteiger partial charge is 0.229 e. The minimum atomic E-state index is -4.47. The molecule has 0 N–H and O–H groups in total. The van der Waals surface area contributed by atoms with Gasteiger partial charge in [0.1, 0.15) is 5.03 Å². The summed E-state index contributed by atoms with van der Waals surface area (Å²) in [5, 5.41) is 9.05. The van der Waals surface area contributed by atoms with E-state index in [4.69, 9.17) is 0 Å². The highest BCUT2D eigenvalue weighted by Gasteiger charge is 2.32. The van der Waals surface area contributed by atoms with Crippen LogP contribution in [-0.2, 0) is 6.18 Å². The Labute approximate surface area is 132 Å². The molecule has 112 valence electrons. The Bertz CT molecular complexity index is 755. The van der Waals surface area contributed by atoms with E-state index in [9.17, 15) is 13.2 Å². The van der Waals surface area contributed by atoms with Gasteiger partial charge in [-0.05, 0) is 23.9 Å². The van der Waals surface area contributed by atoms with Crippen LogP contribution in [0.15, 0.2) is 57.2 Å². The molecule has 0 fully saturated rings. The molecule has 0 atom stereocenters. The van der Waals surface area contributed by atoms with Crippen molar-refractivity contribution in [3.05, 3.63) is 53.5 Å². The number of thiazole rings is 1. The van der Waals surface area contributed by atoms with Gasteiger partial charge in [0, 0.05) is 10.9 Å². The first-order valence-corrected chi connectivity index (χ1v) is 7.82. The van der Waals surface area contributed by atoms with Gasteiger partial charge in [-0.1, -0.05) is 30.3 Å². The minimum Gasteiger partial charge on any atom is -0.229 e. The van der Waals surface area contributed by atoms with Gasteiger partial charge in [-0.25, -0.2) is 4.98 Å². The normalized spacial score (nSPS) is 11.6. The second kappa shape index (κ2) is 6.05. The monoisotopic (exact) mass is 339 g/mol. The molecule has 0 radical (unpaired) electrons. The van der Waals surface area contributed by atoms with Gasteiger partial charge in [-0.2, -0.15) is 13.2 Å². The molecule has 1 aromatic carbocycles. The zero-order valence-electron chi connectivity index (χ0n) is 10.9. The number of rotatable bonds is 3. The van der Waals surface area contributed by atoms with Gasteiger partial charge < -0.3 is 0 Å². The van der Waals surface area contributed by atoms with Gasteiger partial charge in [0.05, 0.1) is 5.69 Å². The van der Waals surface area contributed by atoms with Gasteiger partial charge in [0.2, 0.25) is 0 Å². The maximum atomic E-state index is 12.4. The lowest BCUT2D eigenvalue weighted by atomic mass is 10.2. The summed E-state index contributed by atoms with van der Waals surface area (Å²) < 4.78 is 38.0. The van der Waals surface area contributed by atoms with E-state index in [1.807, 2.05) is 35.7 Å². The van der Waals surface area contributed by atoms with Gasteiger partial charge in [-0.3, -0.25) is 0 Å². The predicted octanol–water partition coefficient (Wildman–Crippen LogP) is 4.77. The summed E-state index contributed by atoms with van der Waals surface area (Å²) in [6.45, 7) is 0. The molecule has 0 aliphatic carbocycles. The van der Waals surface area contributed by atoms with E-state index in [0.29, 0.717) is 9.37 Å². The van der Waals surface area contributed by atoms with Gasteiger partial charge >= 0.3 is 6.18 Å². The fourth-order valence-electron chi connectivity index (χ4n) is 1.66. The van der Waals surface area contributed by atoms with Crippen LogP contribution in [0.1, 0.15) is 5.69 Å². The van der Waals surface area contributed by atoms with E-state index in [1.165, 1.54) is 29.2 Å². The summed E-state index contributed by atoms with van der Waals surface area (Å²) >= 11 is 2.60. The first-order chi connectivity index (χ1) is 10.5. The average Bonchev–Trinajstić information content (AvgIpc) is 2.96. The number of nitrogens with zero attached hydrogens (tertiary/aromatic N) is 3. The minimum absolute atomic E-state index is 0.377. The Morgan fingerprint density at radius 1 is 0.955 bits per heavy atom. The Hall–Kier alpha value is -1.93. The van der Waals surface area contributed by atoms with E-state index in [1.54, 1.807) is 0 Å². The molecule has 0 saturated heterocycles. The molecule has 8 heteroatoms. The topological polar surface area (TPSA) is 38.7 Å². The highest BCUT2D eigenvalue weighted by atomic mass is 32.2. The van der Waals surface area contributed by atoms with Crippen molar-refractivity contribution in [3.8, 4) is 11.3 Å². The van der Waals surface area contributed by atoms with Crippen molar-refractivity contribution in [2.45, 2.75) is 15.5 Å². The van der Waals surface area contributed by atoms with E-state index >= 15 is 0 Å². The van der Waals surface area contributed by atoms with Gasteiger partial charge in [0.25, 0.3) is 0 Å². The third kappa shape index (κ3) is 3.45. The molecular weight excluding hydrogens is 331 g/mol. The number of hydrogen-bond donors (Lipinski definition) is 0. The zero-order chi connectivity index (χ0) is 15.6. The summed E-state index contributed by atoms with van der Waals surface area (Å²) in [7, 11) is 0. The Kier molecular flexibility index (Phi) is 4.12. The van der Waals surface area contributed by atoms with Crippen LogP contribution in [0.4, 0.5) is 13.2 Å². The van der Waals surface area contributed by atoms with Crippen LogP contribution in [0, 0.1) is 0 Å². The van der Waals surface area contributed by atoms with Crippen molar-refractivity contribution < 1.29 is 13.2 Å². The molecule has 0 aliphatic heterocycles. The quantitative estimate of drug-likeness (QED) is 0.689. The first-order valence-electron chi connectivity index (χ1n) is 6.12. The molecule has 2 heterocycles. The van der Waals surface area contributed by atoms with E-state index in [0.717, 1.165) is 17.3 Å². The highest BCUT2D eigenvalue weighted by molar-refractivity contribution is 8.01. The summed E-state index contributed by atoms with van der Waals surface area (Å²) in [5.41, 5.74) is 0.818. The molecule has 0 spiro atoms. The first kappa shape index (κ1) is 15.0. The maximum absolute atomic E-state index is 12.4. The van der Waals surface area contributed by atoms with Crippen molar-refractivity contribution in [2.75, 3.05) is 0 Å². The molecule has 3 nitrogen and oxygen atoms in total. The summed E-state index contributed by atoms with van der Waals surface area (Å²) in [6, 6.07) is 11.9. The summed E-state index contributed by atoms with van der Waals surface area (Å²) in [5.74, 6) is 0. The van der Waals surface area contributed by atoms with Crippen molar-refractivity contribution >= 4 is 23.1 Å². The van der Waals surface area contributed by atoms with Crippen molar-refractivity contribution in [3.63, 3.8) is 0 Å². The Morgan fingerprint density at radius 2 is 1.73 bits per heavy atom. The van der Waals surface area contributed by atoms with Gasteiger partial charge in [0.15, 0.2) is 10.0 Å². The average molecular weight is 339 g/mol. The van der Waals surface area contributed by atoms with Crippen LogP contribution >= 0.6 is 23.1 Å². The fraction of sp³-hybridized carbons (Fsp3) is 0.0714. The number of benzene rings is 1. The summed E-state index contributed by atoms with van der Waals surface area (Å²) in [6.07, 6.45) is -4.47. The van der Waals surface area contributed by atoms with Crippen LogP contribution in [0.3, 0.4) is 0 Å². The van der Waals surface area contributed by atoms with Crippen LogP contribution < -0.4 is 0 Å². The standard InChI is InChI=1S/C14H8F3N3S2/c15-14(16,17)11-6-7-12(20-19-11)22-13-18-10(8-21-13)9-4-2-1-3-5-9/h1-8H. The lowest BCUT2D eigenvalue weighted by Crippen LogP contribution is -2.08. The van der Waals surface area contributed by atoms with E-state index in [-0.39, 0.29) is 0 Å². The zero-order valence-corrected chi connectivity index (χ0v) is 12.5. The van der Waals surface area contributed by atoms with E-state index < -0.39 is 11.9 Å². The molecule has 0 unspecified atom stereocenters. The highest BCUT2D eigenvalue weighted by Crippen LogP contribution is 2.33. The molecule has 3 rings (SSSR count). The predicted molar refractivity (Wildman–Crippen MR) is 78.7 cm³/mol.